The summed E-state index contributed by atoms with van der Waals surface area (Å²) in [6.07, 6.45) is -0.827. The van der Waals surface area contributed by atoms with Gasteiger partial charge in [0.15, 0.2) is 0 Å². The molecule has 1 aliphatic heterocycles. The first-order chi connectivity index (χ1) is 15.7. The van der Waals surface area contributed by atoms with Crippen molar-refractivity contribution in [2.75, 3.05) is 13.2 Å². The number of nitrogens with zero attached hydrogens (tertiary/aromatic N) is 1. The lowest BCUT2D eigenvalue weighted by Gasteiger charge is -2.43. The first-order valence-corrected chi connectivity index (χ1v) is 12.7. The second-order valence-electron chi connectivity index (χ2n) is 9.02. The van der Waals surface area contributed by atoms with E-state index in [-0.39, 0.29) is 18.3 Å². The van der Waals surface area contributed by atoms with Gasteiger partial charge in [0, 0.05) is 0 Å². The number of hydrogen-bond acceptors (Lipinski definition) is 5. The third-order valence-electron chi connectivity index (χ3n) is 5.79. The predicted octanol–water partition coefficient (Wildman–Crippen LogP) is 2.12. The van der Waals surface area contributed by atoms with E-state index in [1.165, 1.54) is 0 Å². The second kappa shape index (κ2) is 9.18. The average molecular weight is 471 g/mol. The minimum Gasteiger partial charge on any atom is -0.405 e. The summed E-state index contributed by atoms with van der Waals surface area (Å²) in [5.41, 5.74) is -1.89. The normalized spacial score (nSPS) is 19.0. The molecular formula is C24H27FN2O5Si. The molecule has 1 saturated heterocycles. The van der Waals surface area contributed by atoms with Crippen molar-refractivity contribution in [3.63, 3.8) is 0 Å². The topological polar surface area (TPSA) is 82.5 Å². The van der Waals surface area contributed by atoms with Crippen LogP contribution in [0.5, 0.6) is 0 Å². The van der Waals surface area contributed by atoms with Crippen molar-refractivity contribution >= 4 is 18.7 Å². The number of H-pyrrole nitrogens is 1. The molecule has 3 aromatic rings. The van der Waals surface area contributed by atoms with Gasteiger partial charge in [-0.2, -0.15) is 4.39 Å². The smallest absolute Gasteiger partial charge is 0.332 e. The van der Waals surface area contributed by atoms with Crippen LogP contribution in [0, 0.1) is 5.82 Å². The molecule has 1 aromatic heterocycles. The van der Waals surface area contributed by atoms with E-state index in [2.05, 4.69) is 45.0 Å². The largest absolute Gasteiger partial charge is 0.405 e. The Hall–Kier alpha value is -2.85. The number of ether oxygens (including phenoxy) is 2. The Bertz CT molecular complexity index is 1170. The van der Waals surface area contributed by atoms with Crippen LogP contribution in [0.25, 0.3) is 0 Å². The molecule has 33 heavy (non-hydrogen) atoms. The lowest BCUT2D eigenvalue weighted by atomic mass is 10.2. The molecule has 174 valence electrons. The number of benzene rings is 2. The molecule has 1 aliphatic rings. The fourth-order valence-electron chi connectivity index (χ4n) is 4.26. The van der Waals surface area contributed by atoms with Crippen molar-refractivity contribution < 1.29 is 18.3 Å². The molecule has 0 unspecified atom stereocenters. The zero-order valence-corrected chi connectivity index (χ0v) is 19.8. The maximum Gasteiger partial charge on any atom is 0.332 e. The third-order valence-corrected chi connectivity index (χ3v) is 10.8. The zero-order chi connectivity index (χ0) is 23.6. The SMILES string of the molecule is CC(C)(C)[Si](OC[C@H]1CO[C@@H](n2cc(F)c(=O)[nH]c2=O)O1)(c1ccccc1)c1ccccc1. The Morgan fingerprint density at radius 3 is 2.18 bits per heavy atom. The molecule has 0 aliphatic carbocycles. The number of aromatic amines is 1. The van der Waals surface area contributed by atoms with Crippen LogP contribution in [-0.2, 0) is 13.9 Å². The highest BCUT2D eigenvalue weighted by atomic mass is 28.4. The Morgan fingerprint density at radius 2 is 1.64 bits per heavy atom. The third kappa shape index (κ3) is 4.49. The fraction of sp³-hybridized carbons (Fsp3) is 0.333. The second-order valence-corrected chi connectivity index (χ2v) is 13.3. The molecule has 0 spiro atoms. The summed E-state index contributed by atoms with van der Waals surface area (Å²) in [5, 5.41) is 2.07. The molecular weight excluding hydrogens is 443 g/mol. The Labute approximate surface area is 191 Å². The van der Waals surface area contributed by atoms with Gasteiger partial charge >= 0.3 is 5.69 Å². The first-order valence-electron chi connectivity index (χ1n) is 10.8. The van der Waals surface area contributed by atoms with E-state index >= 15 is 0 Å². The molecule has 7 nitrogen and oxygen atoms in total. The van der Waals surface area contributed by atoms with Crippen molar-refractivity contribution in [1.29, 1.82) is 0 Å². The molecule has 0 saturated carbocycles. The number of halogens is 1. The van der Waals surface area contributed by atoms with E-state index in [9.17, 15) is 14.0 Å². The highest BCUT2D eigenvalue weighted by Crippen LogP contribution is 2.37. The number of hydrogen-bond donors (Lipinski definition) is 1. The van der Waals surface area contributed by atoms with Gasteiger partial charge in [-0.1, -0.05) is 81.4 Å². The van der Waals surface area contributed by atoms with E-state index in [4.69, 9.17) is 13.9 Å². The highest BCUT2D eigenvalue weighted by molar-refractivity contribution is 6.99. The van der Waals surface area contributed by atoms with E-state index in [1.807, 2.05) is 41.4 Å². The first kappa shape index (κ1) is 23.3. The number of nitrogens with one attached hydrogen (secondary N) is 1. The van der Waals surface area contributed by atoms with Crippen LogP contribution in [0.2, 0.25) is 5.04 Å². The lowest BCUT2D eigenvalue weighted by molar-refractivity contribution is -0.122. The quantitative estimate of drug-likeness (QED) is 0.558. The molecule has 0 amide bonds. The maximum atomic E-state index is 13.7. The summed E-state index contributed by atoms with van der Waals surface area (Å²) in [6.45, 7) is 6.92. The van der Waals surface area contributed by atoms with Gasteiger partial charge in [-0.15, -0.1) is 0 Å². The summed E-state index contributed by atoms with van der Waals surface area (Å²) < 4.78 is 32.8. The highest BCUT2D eigenvalue weighted by Gasteiger charge is 2.50. The van der Waals surface area contributed by atoms with Crippen molar-refractivity contribution in [2.24, 2.45) is 0 Å². The molecule has 9 heteroatoms. The van der Waals surface area contributed by atoms with Crippen LogP contribution in [-0.4, -0.2) is 37.2 Å². The van der Waals surface area contributed by atoms with Crippen molar-refractivity contribution in [3.8, 4) is 0 Å². The van der Waals surface area contributed by atoms with Crippen LogP contribution < -0.4 is 21.6 Å². The van der Waals surface area contributed by atoms with Gasteiger partial charge in [0.25, 0.3) is 13.9 Å². The van der Waals surface area contributed by atoms with E-state index in [0.29, 0.717) is 0 Å². The summed E-state index contributed by atoms with van der Waals surface area (Å²) in [5.74, 6) is -1.09. The van der Waals surface area contributed by atoms with E-state index in [0.717, 1.165) is 21.1 Å². The Morgan fingerprint density at radius 1 is 1.06 bits per heavy atom. The summed E-state index contributed by atoms with van der Waals surface area (Å²) in [7, 11) is -2.76. The monoisotopic (exact) mass is 470 g/mol. The predicted molar refractivity (Wildman–Crippen MR) is 125 cm³/mol. The molecule has 2 heterocycles. The summed E-state index contributed by atoms with van der Waals surface area (Å²) in [6, 6.07) is 20.4. The Kier molecular flexibility index (Phi) is 6.49. The van der Waals surface area contributed by atoms with E-state index in [1.54, 1.807) is 0 Å². The minimum absolute atomic E-state index is 0.163. The fourth-order valence-corrected chi connectivity index (χ4v) is 8.85. The maximum absolute atomic E-state index is 13.7. The van der Waals surface area contributed by atoms with Crippen molar-refractivity contribution in [1.82, 2.24) is 9.55 Å². The lowest BCUT2D eigenvalue weighted by Crippen LogP contribution is -2.67. The average Bonchev–Trinajstić information content (AvgIpc) is 3.26. The van der Waals surface area contributed by atoms with Crippen LogP contribution in [0.4, 0.5) is 4.39 Å². The molecule has 0 radical (unpaired) electrons. The standard InChI is InChI=1S/C24H27FN2O5Si/c1-24(2,3)33(18-10-6-4-7-11-18,19-12-8-5-9-13-19)31-16-17-15-30-23(32-17)27-14-20(25)21(28)26-22(27)29/h4-14,17,23H,15-16H2,1-3H3,(H,26,28,29)/t17-,23-/m1/s1. The van der Waals surface area contributed by atoms with Gasteiger partial charge in [0.2, 0.25) is 12.2 Å². The Balaban J connectivity index is 1.62. The van der Waals surface area contributed by atoms with Crippen molar-refractivity contribution in [3.05, 3.63) is 93.5 Å². The van der Waals surface area contributed by atoms with E-state index < -0.39 is 37.9 Å². The van der Waals surface area contributed by atoms with Gasteiger partial charge in [-0.25, -0.2) is 9.36 Å². The van der Waals surface area contributed by atoms with Gasteiger partial charge in [0.05, 0.1) is 19.4 Å². The number of aromatic nitrogens is 2. The molecule has 1 fully saturated rings. The molecule has 0 bridgehead atoms. The van der Waals surface area contributed by atoms with Gasteiger partial charge in [0.1, 0.15) is 6.10 Å². The van der Waals surface area contributed by atoms with Crippen LogP contribution >= 0.6 is 0 Å². The molecule has 2 aromatic carbocycles. The molecule has 1 N–H and O–H groups in total. The van der Waals surface area contributed by atoms with Gasteiger partial charge in [-0.3, -0.25) is 9.78 Å². The minimum atomic E-state index is -2.76. The zero-order valence-electron chi connectivity index (χ0n) is 18.8. The molecule has 4 rings (SSSR count). The van der Waals surface area contributed by atoms with Gasteiger partial charge < -0.3 is 13.9 Å². The summed E-state index contributed by atoms with van der Waals surface area (Å²) >= 11 is 0. The van der Waals surface area contributed by atoms with Crippen LogP contribution in [0.3, 0.4) is 0 Å². The van der Waals surface area contributed by atoms with Gasteiger partial charge in [-0.05, 0) is 15.4 Å². The van der Waals surface area contributed by atoms with Crippen molar-refractivity contribution in [2.45, 2.75) is 38.3 Å². The van der Waals surface area contributed by atoms with Crippen LogP contribution in [0.1, 0.15) is 27.2 Å². The summed E-state index contributed by atoms with van der Waals surface area (Å²) in [4.78, 5) is 25.3. The van der Waals surface area contributed by atoms with Crippen LogP contribution in [0.15, 0.2) is 76.4 Å². The number of rotatable bonds is 6. The molecule has 2 atom stereocenters.